The average molecular weight is 697 g/mol. The van der Waals surface area contributed by atoms with Gasteiger partial charge in [-0.2, -0.15) is 0 Å². The number of rotatable bonds is 3. The molecule has 1 unspecified atom stereocenters. The van der Waals surface area contributed by atoms with Gasteiger partial charge in [-0.15, -0.1) is 0 Å². The Morgan fingerprint density at radius 1 is 0.652 bits per heavy atom. The quantitative estimate of drug-likeness (QED) is 0.344. The van der Waals surface area contributed by atoms with Crippen LogP contribution in [0.4, 0.5) is 11.4 Å². The zero-order valence-electron chi connectivity index (χ0n) is 24.6. The van der Waals surface area contributed by atoms with E-state index in [2.05, 4.69) is 10.6 Å². The molecule has 0 radical (unpaired) electrons. The number of hydrogen-bond acceptors (Lipinski definition) is 12. The Morgan fingerprint density at radius 3 is 1.43 bits per heavy atom. The molecule has 10 heterocycles. The summed E-state index contributed by atoms with van der Waals surface area (Å²) in [4.78, 5) is 59.0. The first-order valence-electron chi connectivity index (χ1n) is 15.0. The number of para-hydroxylation sites is 2. The van der Waals surface area contributed by atoms with E-state index in [0.29, 0.717) is 0 Å². The second kappa shape index (κ2) is 8.26. The van der Waals surface area contributed by atoms with Gasteiger partial charge >= 0.3 is 0 Å². The fraction of sp³-hybridized carbons (Fsp3) is 0.467. The molecule has 4 amide bonds. The molecule has 8 saturated heterocycles. The molecule has 2 aromatic carbocycles. The molecule has 0 saturated carbocycles. The number of nitrogens with one attached hydrogen (secondary N) is 2. The lowest BCUT2D eigenvalue weighted by atomic mass is 9.54. The predicted molar refractivity (Wildman–Crippen MR) is 175 cm³/mol. The Balaban J connectivity index is 1.29. The van der Waals surface area contributed by atoms with Crippen molar-refractivity contribution in [2.75, 3.05) is 37.9 Å². The molecule has 12 rings (SSSR count). The minimum absolute atomic E-state index is 0.223. The largest absolute Gasteiger partial charge is 0.392 e. The van der Waals surface area contributed by atoms with Crippen molar-refractivity contribution in [3.8, 4) is 0 Å². The summed E-state index contributed by atoms with van der Waals surface area (Å²) in [7, 11) is 8.28. The van der Waals surface area contributed by atoms with Crippen molar-refractivity contribution in [2.24, 2.45) is 0 Å². The molecule has 8 atom stereocenters. The first kappa shape index (κ1) is 28.3. The molecule has 0 aromatic heterocycles. The molecule has 2 spiro atoms. The third-order valence-electron chi connectivity index (χ3n) is 12.0. The summed E-state index contributed by atoms with van der Waals surface area (Å²) in [6, 6.07) is 15.8. The zero-order valence-corrected chi connectivity index (χ0v) is 27.8. The van der Waals surface area contributed by atoms with Crippen LogP contribution in [0, 0.1) is 0 Å². The highest BCUT2D eigenvalue weighted by molar-refractivity contribution is 8.78. The van der Waals surface area contributed by atoms with E-state index in [1.165, 1.54) is 53.0 Å². The van der Waals surface area contributed by atoms with Gasteiger partial charge in [0.1, 0.15) is 12.3 Å². The average Bonchev–Trinajstić information content (AvgIpc) is 3.75. The fourth-order valence-electron chi connectivity index (χ4n) is 9.92. The number of nitrogens with zero attached hydrogens (tertiary/aromatic N) is 4. The lowest BCUT2D eigenvalue weighted by Crippen LogP contribution is -2.77. The lowest BCUT2D eigenvalue weighted by molar-refractivity contribution is -0.166. The van der Waals surface area contributed by atoms with Gasteiger partial charge in [-0.25, -0.2) is 0 Å². The van der Waals surface area contributed by atoms with Crippen molar-refractivity contribution in [2.45, 2.75) is 55.5 Å². The highest BCUT2D eigenvalue weighted by Crippen LogP contribution is 2.78. The van der Waals surface area contributed by atoms with Gasteiger partial charge in [-0.05, 0) is 44.8 Å². The number of amides is 4. The first-order valence-corrected chi connectivity index (χ1v) is 19.3. The third kappa shape index (κ3) is 2.48. The van der Waals surface area contributed by atoms with Crippen molar-refractivity contribution in [3.05, 3.63) is 59.7 Å². The van der Waals surface area contributed by atoms with Gasteiger partial charge in [-0.3, -0.25) is 29.0 Å². The number of fused-ring (bicyclic) bond motifs is 11. The molecule has 46 heavy (non-hydrogen) atoms. The Labute approximate surface area is 279 Å². The van der Waals surface area contributed by atoms with E-state index >= 15 is 0 Å². The van der Waals surface area contributed by atoms with Crippen LogP contribution in [0.1, 0.15) is 24.0 Å². The number of carbonyl (C=O) groups excluding carboxylic acids is 4. The highest BCUT2D eigenvalue weighted by atomic mass is 33.1. The van der Waals surface area contributed by atoms with Crippen LogP contribution >= 0.6 is 43.2 Å². The van der Waals surface area contributed by atoms with Gasteiger partial charge in [0.2, 0.25) is 9.74 Å². The van der Waals surface area contributed by atoms with Crippen molar-refractivity contribution >= 4 is 78.2 Å². The maximum absolute atomic E-state index is 14.7. The minimum Gasteiger partial charge on any atom is -0.392 e. The molecule has 2 aromatic rings. The van der Waals surface area contributed by atoms with E-state index in [9.17, 15) is 29.4 Å². The molecule has 10 aliphatic heterocycles. The summed E-state index contributed by atoms with van der Waals surface area (Å²) >= 11 is 0. The SMILES string of the molecule is CN1C(=O)[C@@]23C[C@@]4([C@@]56C[C@]78SS[C@](CO)(C(=O)N7[C@@H]5Nc5ccccc56)N(C)C8=O)c5ccccc5NC4N2C(=O)[C@@]1(CO)SS3. The van der Waals surface area contributed by atoms with Gasteiger partial charge in [0.05, 0.1) is 24.0 Å². The van der Waals surface area contributed by atoms with E-state index in [-0.39, 0.29) is 36.5 Å². The smallest absolute Gasteiger partial charge is 0.265 e. The number of carbonyl (C=O) groups is 4. The second-order valence-corrected chi connectivity index (χ2v) is 18.7. The zero-order chi connectivity index (χ0) is 31.8. The summed E-state index contributed by atoms with van der Waals surface area (Å²) in [6.45, 7) is -1.07. The summed E-state index contributed by atoms with van der Waals surface area (Å²) < 4.78 is 0. The molecular formula is C30H28N6O6S4. The molecule has 12 nitrogen and oxygen atoms in total. The molecule has 238 valence electrons. The fourth-order valence-corrected chi connectivity index (χ4v) is 17.2. The Bertz CT molecular complexity index is 1740. The van der Waals surface area contributed by atoms with Crippen molar-refractivity contribution in [3.63, 3.8) is 0 Å². The molecule has 4 bridgehead atoms. The van der Waals surface area contributed by atoms with Gasteiger partial charge in [0.25, 0.3) is 23.6 Å². The summed E-state index contributed by atoms with van der Waals surface area (Å²) in [5, 5.41) is 28.6. The number of aliphatic hydroxyl groups excluding tert-OH is 2. The standard InChI is InChI=1S/C30H28N6O6S4/c1-33-21(39)27-11-25(15-7-3-5-9-17(15)31-19(25)35(27)23(41)29(33,13-37)45-43-27)26-12-28-22(40)34(2)30(14-38,46-44-28)24(42)36(28)20(26)32-18-10-6-4-8-16(18)26/h3-10,19-20,31-32,37-38H,11-14H2,1-2H3/t19-,20?,25+,26+,27+,28-,29+,30+/m0/s1. The summed E-state index contributed by atoms with van der Waals surface area (Å²) in [6.07, 6.45) is -1.01. The summed E-state index contributed by atoms with van der Waals surface area (Å²) in [5.74, 6) is -1.19. The van der Waals surface area contributed by atoms with Crippen LogP contribution in [0.5, 0.6) is 0 Å². The molecule has 8 fully saturated rings. The number of hydrogen-bond donors (Lipinski definition) is 4. The van der Waals surface area contributed by atoms with Gasteiger partial charge in [-0.1, -0.05) is 58.0 Å². The molecule has 16 heteroatoms. The van der Waals surface area contributed by atoms with Crippen molar-refractivity contribution < 1.29 is 29.4 Å². The third-order valence-corrected chi connectivity index (χ3v) is 19.3. The van der Waals surface area contributed by atoms with E-state index in [1.54, 1.807) is 23.9 Å². The Kier molecular flexibility index (Phi) is 5.08. The van der Waals surface area contributed by atoms with Crippen molar-refractivity contribution in [1.29, 1.82) is 0 Å². The number of likely N-dealkylation sites (N-methyl/N-ethyl adjacent to an activating group) is 2. The van der Waals surface area contributed by atoms with E-state index < -0.39 is 55.9 Å². The Morgan fingerprint density at radius 2 is 1.04 bits per heavy atom. The van der Waals surface area contributed by atoms with Crippen LogP contribution in [-0.4, -0.2) is 113 Å². The minimum atomic E-state index is -1.47. The van der Waals surface area contributed by atoms with Gasteiger partial charge in [0, 0.05) is 38.3 Å². The van der Waals surface area contributed by atoms with E-state index in [1.807, 2.05) is 48.5 Å². The van der Waals surface area contributed by atoms with Crippen LogP contribution in [0.3, 0.4) is 0 Å². The maximum atomic E-state index is 14.7. The predicted octanol–water partition coefficient (Wildman–Crippen LogP) is 1.33. The highest BCUT2D eigenvalue weighted by Gasteiger charge is 2.87. The monoisotopic (exact) mass is 696 g/mol. The summed E-state index contributed by atoms with van der Waals surface area (Å²) in [5.41, 5.74) is 1.45. The normalized spacial score (nSPS) is 43.7. The molecule has 4 N–H and O–H groups in total. The van der Waals surface area contributed by atoms with Crippen LogP contribution in [0.15, 0.2) is 48.5 Å². The molecule has 10 aliphatic rings. The Hall–Kier alpha value is -2.76. The van der Waals surface area contributed by atoms with Gasteiger partial charge in [0.15, 0.2) is 9.74 Å². The topological polar surface area (TPSA) is 146 Å². The molecular weight excluding hydrogens is 669 g/mol. The van der Waals surface area contributed by atoms with Crippen LogP contribution in [0.25, 0.3) is 0 Å². The first-order chi connectivity index (χ1) is 22.1. The maximum Gasteiger partial charge on any atom is 0.265 e. The lowest BCUT2D eigenvalue weighted by Gasteiger charge is -2.57. The van der Waals surface area contributed by atoms with Crippen molar-refractivity contribution in [1.82, 2.24) is 19.6 Å². The van der Waals surface area contributed by atoms with Crippen LogP contribution in [0.2, 0.25) is 0 Å². The number of piperazine rings is 2. The van der Waals surface area contributed by atoms with E-state index in [0.717, 1.165) is 22.5 Å². The number of anilines is 2. The van der Waals surface area contributed by atoms with Gasteiger partial charge < -0.3 is 30.6 Å². The number of benzene rings is 2. The molecule has 0 aliphatic carbocycles. The van der Waals surface area contributed by atoms with E-state index in [4.69, 9.17) is 0 Å². The second-order valence-electron chi connectivity index (χ2n) is 13.3. The van der Waals surface area contributed by atoms with Crippen LogP contribution < -0.4 is 10.6 Å². The van der Waals surface area contributed by atoms with Crippen LogP contribution in [-0.2, 0) is 30.0 Å². The number of aliphatic hydroxyl groups is 2.